The third-order valence-electron chi connectivity index (χ3n) is 3.84. The van der Waals surface area contributed by atoms with Gasteiger partial charge in [-0.25, -0.2) is 4.39 Å². The van der Waals surface area contributed by atoms with Gasteiger partial charge in [0.15, 0.2) is 0 Å². The van der Waals surface area contributed by atoms with E-state index < -0.39 is 0 Å². The minimum atomic E-state index is -0.257. The van der Waals surface area contributed by atoms with Crippen LogP contribution in [0.15, 0.2) is 24.3 Å². The van der Waals surface area contributed by atoms with E-state index in [9.17, 15) is 9.18 Å². The van der Waals surface area contributed by atoms with Gasteiger partial charge in [-0.3, -0.25) is 4.79 Å². The van der Waals surface area contributed by atoms with Gasteiger partial charge in [0.1, 0.15) is 5.82 Å². The van der Waals surface area contributed by atoms with Gasteiger partial charge in [-0.2, -0.15) is 0 Å². The van der Waals surface area contributed by atoms with E-state index in [4.69, 9.17) is 0 Å². The number of piperidine rings is 1. The monoisotopic (exact) mass is 264 g/mol. The SMILES string of the molecule is CC1(C(=O)NCCc2cccc(F)c2)CCNCC1. The first-order valence-electron chi connectivity index (χ1n) is 6.84. The first-order valence-corrected chi connectivity index (χ1v) is 6.84. The number of halogens is 1. The third kappa shape index (κ3) is 3.77. The lowest BCUT2D eigenvalue weighted by molar-refractivity contribution is -0.131. The number of benzene rings is 1. The van der Waals surface area contributed by atoms with Gasteiger partial charge in [-0.05, 0) is 50.0 Å². The Bertz CT molecular complexity index is 442. The van der Waals surface area contributed by atoms with E-state index in [1.54, 1.807) is 6.07 Å². The van der Waals surface area contributed by atoms with Crippen LogP contribution in [0, 0.1) is 11.2 Å². The Labute approximate surface area is 113 Å². The van der Waals surface area contributed by atoms with Crippen LogP contribution in [0.4, 0.5) is 4.39 Å². The summed E-state index contributed by atoms with van der Waals surface area (Å²) in [6.45, 7) is 4.37. The average Bonchev–Trinajstić information content (AvgIpc) is 2.39. The summed E-state index contributed by atoms with van der Waals surface area (Å²) in [5, 5.41) is 6.23. The molecule has 1 aromatic rings. The average molecular weight is 264 g/mol. The molecule has 2 N–H and O–H groups in total. The summed E-state index contributed by atoms with van der Waals surface area (Å²) in [6, 6.07) is 6.51. The van der Waals surface area contributed by atoms with Crippen LogP contribution in [0.3, 0.4) is 0 Å². The van der Waals surface area contributed by atoms with Crippen LogP contribution in [0.2, 0.25) is 0 Å². The Morgan fingerprint density at radius 3 is 2.84 bits per heavy atom. The third-order valence-corrected chi connectivity index (χ3v) is 3.84. The lowest BCUT2D eigenvalue weighted by atomic mass is 9.80. The number of amides is 1. The highest BCUT2D eigenvalue weighted by molar-refractivity contribution is 5.82. The Morgan fingerprint density at radius 2 is 2.16 bits per heavy atom. The van der Waals surface area contributed by atoms with Gasteiger partial charge in [0.2, 0.25) is 5.91 Å². The van der Waals surface area contributed by atoms with Gasteiger partial charge in [0, 0.05) is 12.0 Å². The molecule has 1 amide bonds. The van der Waals surface area contributed by atoms with Crippen LogP contribution in [0.25, 0.3) is 0 Å². The zero-order valence-electron chi connectivity index (χ0n) is 11.3. The molecule has 0 bridgehead atoms. The van der Waals surface area contributed by atoms with Gasteiger partial charge in [0.05, 0.1) is 0 Å². The molecule has 1 saturated heterocycles. The number of nitrogens with one attached hydrogen (secondary N) is 2. The molecule has 0 spiro atoms. The van der Waals surface area contributed by atoms with Crippen LogP contribution in [-0.2, 0) is 11.2 Å². The first-order chi connectivity index (χ1) is 9.10. The molecule has 4 heteroatoms. The van der Waals surface area contributed by atoms with Crippen LogP contribution in [0.1, 0.15) is 25.3 Å². The summed E-state index contributed by atoms with van der Waals surface area (Å²) in [4.78, 5) is 12.2. The largest absolute Gasteiger partial charge is 0.355 e. The summed E-state index contributed by atoms with van der Waals surface area (Å²) < 4.78 is 13.0. The van der Waals surface area contributed by atoms with Gasteiger partial charge >= 0.3 is 0 Å². The number of carbonyl (C=O) groups excluding carboxylic acids is 1. The molecule has 0 radical (unpaired) electrons. The summed E-state index contributed by atoms with van der Waals surface area (Å²) in [5.41, 5.74) is 0.656. The smallest absolute Gasteiger partial charge is 0.226 e. The molecule has 0 atom stereocenters. The van der Waals surface area contributed by atoms with Crippen molar-refractivity contribution in [2.75, 3.05) is 19.6 Å². The molecule has 1 aliphatic heterocycles. The molecule has 1 aromatic carbocycles. The predicted molar refractivity (Wildman–Crippen MR) is 73.3 cm³/mol. The molecular weight excluding hydrogens is 243 g/mol. The molecule has 104 valence electrons. The van der Waals surface area contributed by atoms with Crippen LogP contribution < -0.4 is 10.6 Å². The Balaban J connectivity index is 1.80. The van der Waals surface area contributed by atoms with Crippen molar-refractivity contribution in [3.63, 3.8) is 0 Å². The second-order valence-corrected chi connectivity index (χ2v) is 5.45. The molecule has 0 saturated carbocycles. The van der Waals surface area contributed by atoms with Crippen molar-refractivity contribution < 1.29 is 9.18 Å². The number of hydrogen-bond acceptors (Lipinski definition) is 2. The summed E-state index contributed by atoms with van der Waals surface area (Å²) in [7, 11) is 0. The van der Waals surface area contributed by atoms with E-state index in [1.807, 2.05) is 13.0 Å². The van der Waals surface area contributed by atoms with Gasteiger partial charge < -0.3 is 10.6 Å². The zero-order valence-corrected chi connectivity index (χ0v) is 11.3. The molecular formula is C15H21FN2O. The second kappa shape index (κ2) is 6.15. The highest BCUT2D eigenvalue weighted by atomic mass is 19.1. The maximum Gasteiger partial charge on any atom is 0.226 e. The summed E-state index contributed by atoms with van der Waals surface area (Å²) in [5.74, 6) is -0.112. The normalized spacial score (nSPS) is 18.0. The van der Waals surface area contributed by atoms with Crippen molar-refractivity contribution in [3.8, 4) is 0 Å². The Morgan fingerprint density at radius 1 is 1.42 bits per heavy atom. The number of rotatable bonds is 4. The number of hydrogen-bond donors (Lipinski definition) is 2. The van der Waals surface area contributed by atoms with Gasteiger partial charge in [0.25, 0.3) is 0 Å². The van der Waals surface area contributed by atoms with Gasteiger partial charge in [-0.1, -0.05) is 19.1 Å². The fraction of sp³-hybridized carbons (Fsp3) is 0.533. The minimum absolute atomic E-state index is 0.116. The second-order valence-electron chi connectivity index (χ2n) is 5.45. The lowest BCUT2D eigenvalue weighted by Gasteiger charge is -2.32. The van der Waals surface area contributed by atoms with E-state index in [0.29, 0.717) is 13.0 Å². The summed E-state index contributed by atoms with van der Waals surface area (Å²) >= 11 is 0. The van der Waals surface area contributed by atoms with Crippen molar-refractivity contribution in [2.45, 2.75) is 26.2 Å². The molecule has 1 heterocycles. The quantitative estimate of drug-likeness (QED) is 0.871. The lowest BCUT2D eigenvalue weighted by Crippen LogP contribution is -2.46. The number of carbonyl (C=O) groups is 1. The highest BCUT2D eigenvalue weighted by Gasteiger charge is 2.33. The molecule has 1 fully saturated rings. The van der Waals surface area contributed by atoms with Crippen molar-refractivity contribution in [1.29, 1.82) is 0 Å². The fourth-order valence-electron chi connectivity index (χ4n) is 2.43. The minimum Gasteiger partial charge on any atom is -0.355 e. The standard InChI is InChI=1S/C15H21FN2O/c1-15(6-9-17-10-7-15)14(19)18-8-5-12-3-2-4-13(16)11-12/h2-4,11,17H,5-10H2,1H3,(H,18,19). The van der Waals surface area contributed by atoms with Crippen molar-refractivity contribution >= 4 is 5.91 Å². The van der Waals surface area contributed by atoms with Crippen LogP contribution in [-0.4, -0.2) is 25.5 Å². The molecule has 19 heavy (non-hydrogen) atoms. The maximum absolute atomic E-state index is 13.0. The van der Waals surface area contributed by atoms with E-state index in [-0.39, 0.29) is 17.1 Å². The van der Waals surface area contributed by atoms with Crippen LogP contribution in [0.5, 0.6) is 0 Å². The Hall–Kier alpha value is -1.42. The summed E-state index contributed by atoms with van der Waals surface area (Å²) in [6.07, 6.45) is 2.41. The predicted octanol–water partition coefficient (Wildman–Crippen LogP) is 1.87. The van der Waals surface area contributed by atoms with Crippen molar-refractivity contribution in [3.05, 3.63) is 35.6 Å². The molecule has 1 aliphatic rings. The van der Waals surface area contributed by atoms with Crippen LogP contribution >= 0.6 is 0 Å². The van der Waals surface area contributed by atoms with Crippen molar-refractivity contribution in [1.82, 2.24) is 10.6 Å². The van der Waals surface area contributed by atoms with E-state index in [0.717, 1.165) is 31.5 Å². The molecule has 2 rings (SSSR count). The van der Waals surface area contributed by atoms with Gasteiger partial charge in [-0.15, -0.1) is 0 Å². The highest BCUT2D eigenvalue weighted by Crippen LogP contribution is 2.27. The zero-order chi connectivity index (χ0) is 13.7. The van der Waals surface area contributed by atoms with E-state index in [2.05, 4.69) is 10.6 Å². The topological polar surface area (TPSA) is 41.1 Å². The molecule has 0 aromatic heterocycles. The van der Waals surface area contributed by atoms with E-state index >= 15 is 0 Å². The Kier molecular flexibility index (Phi) is 4.53. The maximum atomic E-state index is 13.0. The molecule has 0 unspecified atom stereocenters. The first kappa shape index (κ1) is 14.0. The molecule has 0 aliphatic carbocycles. The van der Waals surface area contributed by atoms with E-state index in [1.165, 1.54) is 12.1 Å². The molecule has 3 nitrogen and oxygen atoms in total. The fourth-order valence-corrected chi connectivity index (χ4v) is 2.43. The van der Waals surface area contributed by atoms with Crippen molar-refractivity contribution in [2.24, 2.45) is 5.41 Å².